The third-order valence-corrected chi connectivity index (χ3v) is 3.67. The van der Waals surface area contributed by atoms with Crippen LogP contribution >= 0.6 is 0 Å². The topological polar surface area (TPSA) is 88.5 Å². The van der Waals surface area contributed by atoms with Gasteiger partial charge in [0.05, 0.1) is 6.54 Å². The molecule has 2 N–H and O–H groups in total. The lowest BCUT2D eigenvalue weighted by molar-refractivity contribution is 0.0318. The second-order valence-corrected chi connectivity index (χ2v) is 5.81. The van der Waals surface area contributed by atoms with Gasteiger partial charge in [0.15, 0.2) is 0 Å². The fourth-order valence-corrected chi connectivity index (χ4v) is 2.28. The minimum atomic E-state index is -1.31. The van der Waals surface area contributed by atoms with Gasteiger partial charge in [-0.15, -0.1) is 0 Å². The van der Waals surface area contributed by atoms with Crippen LogP contribution in [0.5, 0.6) is 0 Å². The van der Waals surface area contributed by atoms with Gasteiger partial charge in [-0.3, -0.25) is 4.79 Å². The third kappa shape index (κ3) is 3.38. The zero-order chi connectivity index (χ0) is 17.2. The van der Waals surface area contributed by atoms with Crippen LogP contribution in [0.4, 0.5) is 0 Å². The van der Waals surface area contributed by atoms with Crippen molar-refractivity contribution in [1.29, 1.82) is 0 Å². The molecule has 0 spiro atoms. The molecule has 124 valence electrons. The van der Waals surface area contributed by atoms with Gasteiger partial charge in [-0.1, -0.05) is 35.5 Å². The van der Waals surface area contributed by atoms with Crippen molar-refractivity contribution in [3.8, 4) is 11.3 Å². The number of nitrogens with one attached hydrogen (secondary N) is 1. The van der Waals surface area contributed by atoms with Gasteiger partial charge in [0.1, 0.15) is 22.8 Å². The van der Waals surface area contributed by atoms with Crippen LogP contribution in [0.2, 0.25) is 0 Å². The molecule has 0 saturated carbocycles. The Bertz CT molecular complexity index is 834. The van der Waals surface area contributed by atoms with Gasteiger partial charge in [-0.25, -0.2) is 0 Å². The Morgan fingerprint density at radius 3 is 2.67 bits per heavy atom. The van der Waals surface area contributed by atoms with E-state index in [1.54, 1.807) is 32.0 Å². The normalized spacial score (nSPS) is 13.5. The molecule has 0 aliphatic carbocycles. The van der Waals surface area contributed by atoms with Gasteiger partial charge in [-0.05, 0) is 26.0 Å². The third-order valence-electron chi connectivity index (χ3n) is 3.67. The first-order chi connectivity index (χ1) is 11.5. The van der Waals surface area contributed by atoms with Crippen LogP contribution in [0.25, 0.3) is 11.3 Å². The molecule has 1 atom stereocenters. The lowest BCUT2D eigenvalue weighted by atomic mass is 10.0. The molecule has 2 aromatic heterocycles. The summed E-state index contributed by atoms with van der Waals surface area (Å²) in [5.41, 5.74) is 0.124. The van der Waals surface area contributed by atoms with E-state index in [2.05, 4.69) is 10.5 Å². The van der Waals surface area contributed by atoms with E-state index < -0.39 is 11.5 Å². The van der Waals surface area contributed by atoms with E-state index in [1.807, 2.05) is 30.3 Å². The summed E-state index contributed by atoms with van der Waals surface area (Å²) < 4.78 is 10.5. The molecule has 0 radical (unpaired) electrons. The second kappa shape index (κ2) is 6.33. The van der Waals surface area contributed by atoms with Crippen molar-refractivity contribution in [2.24, 2.45) is 0 Å². The summed E-state index contributed by atoms with van der Waals surface area (Å²) in [6.45, 7) is 3.35. The molecule has 6 heteroatoms. The van der Waals surface area contributed by atoms with Crippen LogP contribution in [0.1, 0.15) is 29.0 Å². The first kappa shape index (κ1) is 16.0. The first-order valence-corrected chi connectivity index (χ1v) is 7.55. The Kier molecular flexibility index (Phi) is 4.22. The summed E-state index contributed by atoms with van der Waals surface area (Å²) >= 11 is 0. The van der Waals surface area contributed by atoms with Crippen molar-refractivity contribution in [2.45, 2.75) is 19.4 Å². The number of hydrogen-bond donors (Lipinski definition) is 2. The summed E-state index contributed by atoms with van der Waals surface area (Å²) in [6, 6.07) is 14.4. The molecule has 1 aromatic carbocycles. The number of amides is 1. The van der Waals surface area contributed by atoms with E-state index in [9.17, 15) is 9.90 Å². The van der Waals surface area contributed by atoms with Gasteiger partial charge in [-0.2, -0.15) is 0 Å². The predicted octanol–water partition coefficient (Wildman–Crippen LogP) is 2.88. The van der Waals surface area contributed by atoms with Crippen molar-refractivity contribution in [3.63, 3.8) is 0 Å². The number of carbonyl (C=O) groups excluding carboxylic acids is 1. The number of benzene rings is 1. The fraction of sp³-hybridized carbons (Fsp3) is 0.222. The van der Waals surface area contributed by atoms with Gasteiger partial charge < -0.3 is 19.4 Å². The Morgan fingerprint density at radius 1 is 1.25 bits per heavy atom. The smallest absolute Gasteiger partial charge is 0.290 e. The molecule has 0 aliphatic heterocycles. The molecule has 6 nitrogen and oxygen atoms in total. The molecule has 1 amide bonds. The van der Waals surface area contributed by atoms with Gasteiger partial charge in [0.2, 0.25) is 5.76 Å². The summed E-state index contributed by atoms with van der Waals surface area (Å²) in [5.74, 6) is 0.718. The molecule has 0 fully saturated rings. The number of furan rings is 1. The monoisotopic (exact) mass is 326 g/mol. The maximum Gasteiger partial charge on any atom is 0.290 e. The second-order valence-electron chi connectivity index (χ2n) is 5.81. The van der Waals surface area contributed by atoms with Crippen molar-refractivity contribution in [1.82, 2.24) is 10.5 Å². The Morgan fingerprint density at radius 2 is 2.00 bits per heavy atom. The van der Waals surface area contributed by atoms with E-state index in [1.165, 1.54) is 0 Å². The minimum absolute atomic E-state index is 0.0137. The van der Waals surface area contributed by atoms with E-state index in [0.29, 0.717) is 17.2 Å². The van der Waals surface area contributed by atoms with Crippen molar-refractivity contribution in [2.75, 3.05) is 6.54 Å². The average molecular weight is 326 g/mol. The number of rotatable bonds is 5. The van der Waals surface area contributed by atoms with Crippen LogP contribution in [0.15, 0.2) is 57.5 Å². The molecular weight excluding hydrogens is 308 g/mol. The highest BCUT2D eigenvalue weighted by Crippen LogP contribution is 2.22. The summed E-state index contributed by atoms with van der Waals surface area (Å²) in [7, 11) is 0. The van der Waals surface area contributed by atoms with E-state index in [-0.39, 0.29) is 12.3 Å². The summed E-state index contributed by atoms with van der Waals surface area (Å²) in [5, 5.41) is 16.9. The molecule has 3 aromatic rings. The molecule has 24 heavy (non-hydrogen) atoms. The Hall–Kier alpha value is -2.86. The fourth-order valence-electron chi connectivity index (χ4n) is 2.28. The average Bonchev–Trinajstić information content (AvgIpc) is 3.23. The van der Waals surface area contributed by atoms with Crippen LogP contribution in [-0.2, 0) is 5.60 Å². The number of aryl methyl sites for hydroxylation is 1. The van der Waals surface area contributed by atoms with Gasteiger partial charge in [0.25, 0.3) is 5.91 Å². The molecule has 3 rings (SSSR count). The molecule has 0 bridgehead atoms. The summed E-state index contributed by atoms with van der Waals surface area (Å²) in [6.07, 6.45) is 0. The van der Waals surface area contributed by atoms with Crippen LogP contribution in [0, 0.1) is 6.92 Å². The lowest BCUT2D eigenvalue weighted by Crippen LogP contribution is -2.38. The van der Waals surface area contributed by atoms with Crippen LogP contribution in [0.3, 0.4) is 0 Å². The van der Waals surface area contributed by atoms with Crippen LogP contribution in [-0.4, -0.2) is 22.7 Å². The highest BCUT2D eigenvalue weighted by Gasteiger charge is 2.28. The first-order valence-electron chi connectivity index (χ1n) is 7.55. The largest absolute Gasteiger partial charge is 0.463 e. The zero-order valence-electron chi connectivity index (χ0n) is 13.4. The van der Waals surface area contributed by atoms with E-state index in [0.717, 1.165) is 5.56 Å². The number of nitrogens with zero attached hydrogens (tertiary/aromatic N) is 1. The predicted molar refractivity (Wildman–Crippen MR) is 87.3 cm³/mol. The van der Waals surface area contributed by atoms with E-state index in [4.69, 9.17) is 8.94 Å². The number of aliphatic hydroxyl groups is 1. The molecule has 0 aliphatic rings. The number of carbonyl (C=O) groups is 1. The summed E-state index contributed by atoms with van der Waals surface area (Å²) in [4.78, 5) is 12.2. The Labute approximate surface area is 139 Å². The Balaban J connectivity index is 1.66. The van der Waals surface area contributed by atoms with E-state index >= 15 is 0 Å². The number of aromatic nitrogens is 1. The standard InChI is InChI=1S/C18H18N2O4/c1-12-8-9-16(23-12)18(2,22)11-19-17(21)15-10-14(20-24-15)13-6-4-3-5-7-13/h3-10,22H,11H2,1-2H3,(H,19,21). The molecule has 0 saturated heterocycles. The molecule has 1 unspecified atom stereocenters. The van der Waals surface area contributed by atoms with Crippen LogP contribution < -0.4 is 5.32 Å². The maximum absolute atomic E-state index is 12.2. The SMILES string of the molecule is Cc1ccc(C(C)(O)CNC(=O)c2cc(-c3ccccc3)no2)o1. The minimum Gasteiger partial charge on any atom is -0.463 e. The number of hydrogen-bond acceptors (Lipinski definition) is 5. The highest BCUT2D eigenvalue weighted by atomic mass is 16.5. The van der Waals surface area contributed by atoms with Crippen molar-refractivity contribution >= 4 is 5.91 Å². The maximum atomic E-state index is 12.2. The molecular formula is C18H18N2O4. The highest BCUT2D eigenvalue weighted by molar-refractivity contribution is 5.92. The van der Waals surface area contributed by atoms with Crippen molar-refractivity contribution in [3.05, 3.63) is 65.8 Å². The van der Waals surface area contributed by atoms with Gasteiger partial charge in [0, 0.05) is 11.6 Å². The van der Waals surface area contributed by atoms with Crippen molar-refractivity contribution < 1.29 is 18.8 Å². The van der Waals surface area contributed by atoms with Gasteiger partial charge >= 0.3 is 0 Å². The molecule has 2 heterocycles. The zero-order valence-corrected chi connectivity index (χ0v) is 13.4. The lowest BCUT2D eigenvalue weighted by Gasteiger charge is -2.20. The quantitative estimate of drug-likeness (QED) is 0.752.